The van der Waals surface area contributed by atoms with Gasteiger partial charge in [-0.25, -0.2) is 0 Å². The number of ether oxygens (including phenoxy) is 1. The van der Waals surface area contributed by atoms with Gasteiger partial charge in [0.25, 0.3) is 0 Å². The number of carbonyl (C=O) groups excluding carboxylic acids is 2. The minimum absolute atomic E-state index is 0.106. The molecule has 128 valence electrons. The lowest BCUT2D eigenvalue weighted by Gasteiger charge is -2.28. The summed E-state index contributed by atoms with van der Waals surface area (Å²) in [5.74, 6) is -4.24. The van der Waals surface area contributed by atoms with Crippen molar-refractivity contribution in [2.75, 3.05) is 7.11 Å². The number of Topliss-reactive ketones (excluding diaryl/α,β-unsaturated/α-hetero) is 1. The van der Waals surface area contributed by atoms with Gasteiger partial charge in [0.1, 0.15) is 34.5 Å². The molecule has 0 amide bonds. The summed E-state index contributed by atoms with van der Waals surface area (Å²) < 4.78 is 5.11. The molecule has 0 atom stereocenters. The minimum atomic E-state index is -0.739. The number of phenolic OH excluding ortho intramolecular Hbond substituents is 3. The molecule has 0 saturated heterocycles. The van der Waals surface area contributed by atoms with Crippen LogP contribution < -0.4 is 0 Å². The van der Waals surface area contributed by atoms with Gasteiger partial charge in [0.15, 0.2) is 5.78 Å². The van der Waals surface area contributed by atoms with Crippen molar-refractivity contribution in [3.05, 3.63) is 58.3 Å². The number of rotatable bonds is 2. The SMILES string of the molecule is COC1=C(c2c(O)cc(O)cc2O)C(=O)C1=C1C(O)=CC(=O)C=C1O. The Labute approximate surface area is 140 Å². The molecule has 0 heterocycles. The number of allylic oxidation sites excluding steroid dienone is 4. The lowest BCUT2D eigenvalue weighted by atomic mass is 9.78. The van der Waals surface area contributed by atoms with Gasteiger partial charge in [-0.3, -0.25) is 9.59 Å². The summed E-state index contributed by atoms with van der Waals surface area (Å²) in [4.78, 5) is 23.8. The van der Waals surface area contributed by atoms with Crippen LogP contribution in [0.3, 0.4) is 0 Å². The Hall–Kier alpha value is -3.68. The first-order valence-electron chi connectivity index (χ1n) is 6.95. The maximum absolute atomic E-state index is 12.6. The molecule has 2 aliphatic rings. The number of methoxy groups -OCH3 is 1. The van der Waals surface area contributed by atoms with Gasteiger partial charge in [0.2, 0.25) is 5.78 Å². The zero-order valence-corrected chi connectivity index (χ0v) is 12.8. The first kappa shape index (κ1) is 16.2. The van der Waals surface area contributed by atoms with Crippen molar-refractivity contribution in [3.63, 3.8) is 0 Å². The van der Waals surface area contributed by atoms with Crippen molar-refractivity contribution in [2.24, 2.45) is 0 Å². The molecule has 8 heteroatoms. The van der Waals surface area contributed by atoms with Crippen LogP contribution in [0.15, 0.2) is 52.7 Å². The number of hydrogen-bond donors (Lipinski definition) is 5. The molecule has 25 heavy (non-hydrogen) atoms. The van der Waals surface area contributed by atoms with Crippen molar-refractivity contribution < 1.29 is 39.9 Å². The molecule has 0 spiro atoms. The summed E-state index contributed by atoms with van der Waals surface area (Å²) >= 11 is 0. The third-order valence-corrected chi connectivity index (χ3v) is 3.76. The highest BCUT2D eigenvalue weighted by atomic mass is 16.5. The number of aliphatic hydroxyl groups excluding tert-OH is 2. The Morgan fingerprint density at radius 1 is 0.800 bits per heavy atom. The Kier molecular flexibility index (Phi) is 3.53. The van der Waals surface area contributed by atoms with Crippen LogP contribution in [-0.4, -0.2) is 44.2 Å². The predicted octanol–water partition coefficient (Wildman–Crippen LogP) is 1.51. The molecule has 1 aromatic carbocycles. The Morgan fingerprint density at radius 3 is 1.80 bits per heavy atom. The average Bonchev–Trinajstić information content (AvgIpc) is 2.49. The topological polar surface area (TPSA) is 145 Å². The van der Waals surface area contributed by atoms with Gasteiger partial charge >= 0.3 is 0 Å². The summed E-state index contributed by atoms with van der Waals surface area (Å²) in [6.45, 7) is 0. The van der Waals surface area contributed by atoms with Crippen LogP contribution in [0.25, 0.3) is 5.57 Å². The van der Waals surface area contributed by atoms with Gasteiger partial charge < -0.3 is 30.3 Å². The van der Waals surface area contributed by atoms with E-state index in [0.29, 0.717) is 0 Å². The van der Waals surface area contributed by atoms with Crippen molar-refractivity contribution in [3.8, 4) is 17.2 Å². The van der Waals surface area contributed by atoms with Gasteiger partial charge in [-0.1, -0.05) is 0 Å². The van der Waals surface area contributed by atoms with E-state index in [-0.39, 0.29) is 28.0 Å². The number of aliphatic hydroxyl groups is 2. The van der Waals surface area contributed by atoms with Gasteiger partial charge in [-0.15, -0.1) is 0 Å². The van der Waals surface area contributed by atoms with E-state index in [1.54, 1.807) is 0 Å². The first-order chi connectivity index (χ1) is 11.8. The van der Waals surface area contributed by atoms with Crippen molar-refractivity contribution >= 4 is 17.1 Å². The molecule has 1 aromatic rings. The fourth-order valence-electron chi connectivity index (χ4n) is 2.75. The number of carbonyl (C=O) groups is 2. The predicted molar refractivity (Wildman–Crippen MR) is 83.8 cm³/mol. The zero-order chi connectivity index (χ0) is 18.5. The molecular weight excluding hydrogens is 332 g/mol. The van der Waals surface area contributed by atoms with E-state index in [9.17, 15) is 35.1 Å². The first-order valence-corrected chi connectivity index (χ1v) is 6.95. The quantitative estimate of drug-likeness (QED) is 0.508. The maximum atomic E-state index is 12.6. The normalized spacial score (nSPS) is 17.3. The number of phenols is 3. The molecule has 5 N–H and O–H groups in total. The molecule has 0 radical (unpaired) electrons. The number of aromatic hydroxyl groups is 3. The Bertz CT molecular complexity index is 912. The molecule has 0 aromatic heterocycles. The van der Waals surface area contributed by atoms with Gasteiger partial charge in [-0.2, -0.15) is 0 Å². The molecule has 2 aliphatic carbocycles. The highest BCUT2D eigenvalue weighted by molar-refractivity contribution is 6.40. The lowest BCUT2D eigenvalue weighted by molar-refractivity contribution is -0.112. The average molecular weight is 344 g/mol. The molecule has 8 nitrogen and oxygen atoms in total. The van der Waals surface area contributed by atoms with E-state index >= 15 is 0 Å². The Morgan fingerprint density at radius 2 is 1.32 bits per heavy atom. The van der Waals surface area contributed by atoms with Crippen LogP contribution >= 0.6 is 0 Å². The summed E-state index contributed by atoms with van der Waals surface area (Å²) in [5.41, 5.74) is -0.956. The van der Waals surface area contributed by atoms with E-state index in [4.69, 9.17) is 4.74 Å². The number of benzene rings is 1. The van der Waals surface area contributed by atoms with Crippen LogP contribution in [-0.2, 0) is 14.3 Å². The maximum Gasteiger partial charge on any atom is 0.202 e. The molecule has 0 saturated carbocycles. The molecule has 0 aliphatic heterocycles. The molecule has 3 rings (SSSR count). The van der Waals surface area contributed by atoms with Crippen LogP contribution in [0.4, 0.5) is 0 Å². The summed E-state index contributed by atoms with van der Waals surface area (Å²) in [6.07, 6.45) is 1.66. The summed E-state index contributed by atoms with van der Waals surface area (Å²) in [5, 5.41) is 49.0. The van der Waals surface area contributed by atoms with Gasteiger partial charge in [0.05, 0.1) is 29.4 Å². The Balaban J connectivity index is 2.26. The lowest BCUT2D eigenvalue weighted by Crippen LogP contribution is -2.26. The van der Waals surface area contributed by atoms with Gasteiger partial charge in [-0.05, 0) is 0 Å². The van der Waals surface area contributed by atoms with Crippen LogP contribution in [0.2, 0.25) is 0 Å². The minimum Gasteiger partial charge on any atom is -0.508 e. The van der Waals surface area contributed by atoms with E-state index in [0.717, 1.165) is 24.3 Å². The highest BCUT2D eigenvalue weighted by Crippen LogP contribution is 2.48. The monoisotopic (exact) mass is 344 g/mol. The second kappa shape index (κ2) is 5.45. The summed E-state index contributed by atoms with van der Waals surface area (Å²) in [6, 6.07) is 1.86. The zero-order valence-electron chi connectivity index (χ0n) is 12.8. The largest absolute Gasteiger partial charge is 0.508 e. The molecule has 0 bridgehead atoms. The van der Waals surface area contributed by atoms with Crippen molar-refractivity contribution in [2.45, 2.75) is 0 Å². The van der Waals surface area contributed by atoms with E-state index in [1.165, 1.54) is 7.11 Å². The van der Waals surface area contributed by atoms with Crippen LogP contribution in [0.1, 0.15) is 5.56 Å². The van der Waals surface area contributed by atoms with E-state index in [1.807, 2.05) is 0 Å². The van der Waals surface area contributed by atoms with Gasteiger partial charge in [0, 0.05) is 24.3 Å². The molecule has 0 fully saturated rings. The highest BCUT2D eigenvalue weighted by Gasteiger charge is 2.43. The fraction of sp³-hybridized carbons (Fsp3) is 0.0588. The van der Waals surface area contributed by atoms with Crippen molar-refractivity contribution in [1.29, 1.82) is 0 Å². The number of ketones is 2. The van der Waals surface area contributed by atoms with Crippen LogP contribution in [0.5, 0.6) is 17.2 Å². The third kappa shape index (κ3) is 2.31. The van der Waals surface area contributed by atoms with E-state index < -0.39 is 40.3 Å². The van der Waals surface area contributed by atoms with Crippen molar-refractivity contribution in [1.82, 2.24) is 0 Å². The number of hydrogen-bond acceptors (Lipinski definition) is 8. The molecule has 0 unspecified atom stereocenters. The van der Waals surface area contributed by atoms with E-state index in [2.05, 4.69) is 0 Å². The second-order valence-corrected chi connectivity index (χ2v) is 5.31. The smallest absolute Gasteiger partial charge is 0.202 e. The molecular formula is C17H12O8. The fourth-order valence-corrected chi connectivity index (χ4v) is 2.75. The standard InChI is InChI=1S/C17H12O8/c1-25-17-14(12-8(20)2-6(18)3-9(12)21)16(24)15(17)13-10(22)4-7(19)5-11(13)23/h2-5,18,20-23H,1H3. The summed E-state index contributed by atoms with van der Waals surface area (Å²) in [7, 11) is 1.21. The third-order valence-electron chi connectivity index (χ3n) is 3.76. The second-order valence-electron chi connectivity index (χ2n) is 5.31. The van der Waals surface area contributed by atoms with Crippen LogP contribution in [0, 0.1) is 0 Å².